The summed E-state index contributed by atoms with van der Waals surface area (Å²) in [5.41, 5.74) is 0.532. The van der Waals surface area contributed by atoms with Crippen molar-refractivity contribution < 1.29 is 19.2 Å². The number of ether oxygens (including phenoxy) is 1. The molecule has 0 atom stereocenters. The van der Waals surface area contributed by atoms with Crippen molar-refractivity contribution in [2.75, 3.05) is 12.4 Å². The Hall–Kier alpha value is -2.46. The highest BCUT2D eigenvalue weighted by atomic mass is 33.1. The van der Waals surface area contributed by atoms with E-state index in [1.807, 2.05) is 0 Å². The number of anilines is 1. The topological polar surface area (TPSA) is 111 Å². The van der Waals surface area contributed by atoms with Crippen LogP contribution < -0.4 is 10.6 Å². The van der Waals surface area contributed by atoms with E-state index in [2.05, 4.69) is 15.4 Å². The third kappa shape index (κ3) is 4.50. The molecule has 8 nitrogen and oxygen atoms in total. The van der Waals surface area contributed by atoms with Crippen LogP contribution in [-0.2, 0) is 9.53 Å². The van der Waals surface area contributed by atoms with Gasteiger partial charge in [0.15, 0.2) is 0 Å². The minimum absolute atomic E-state index is 0.0394. The zero-order valence-corrected chi connectivity index (χ0v) is 13.4. The van der Waals surface area contributed by atoms with Crippen LogP contribution in [0.3, 0.4) is 0 Å². The molecule has 0 radical (unpaired) electrons. The Balaban J connectivity index is 2.19. The molecule has 0 unspecified atom stereocenters. The van der Waals surface area contributed by atoms with Crippen molar-refractivity contribution >= 4 is 39.3 Å². The Morgan fingerprint density at radius 2 is 1.91 bits per heavy atom. The summed E-state index contributed by atoms with van der Waals surface area (Å²) >= 11 is 0. The van der Waals surface area contributed by atoms with Gasteiger partial charge in [-0.2, -0.15) is 0 Å². The molecule has 0 spiro atoms. The number of carbonyl (C=O) groups excluding carboxylic acids is 2. The summed E-state index contributed by atoms with van der Waals surface area (Å²) in [4.78, 5) is 33.8. The number of nitrogens with zero attached hydrogens (tertiary/aromatic N) is 1. The number of nitrogens with one attached hydrogen (secondary N) is 2. The van der Waals surface area contributed by atoms with Crippen LogP contribution in [-0.4, -0.2) is 24.0 Å². The molecule has 1 heterocycles. The Morgan fingerprint density at radius 3 is 2.52 bits per heavy atom. The lowest BCUT2D eigenvalue weighted by molar-refractivity contribution is -0.402. The highest BCUT2D eigenvalue weighted by Crippen LogP contribution is 2.48. The van der Waals surface area contributed by atoms with Crippen molar-refractivity contribution in [1.29, 1.82) is 0 Å². The maximum atomic E-state index is 12.0. The SMILES string of the molecule is COC(=O)C1=C(NC(=O)Nc2ccccc2)SS/C1=C\[N+](=O)[O-]. The normalized spacial score (nSPS) is 15.4. The Bertz CT molecular complexity index is 703. The number of benzene rings is 1. The van der Waals surface area contributed by atoms with Crippen LogP contribution >= 0.6 is 21.6 Å². The van der Waals surface area contributed by atoms with Crippen LogP contribution in [0.5, 0.6) is 0 Å². The van der Waals surface area contributed by atoms with E-state index in [1.165, 1.54) is 0 Å². The van der Waals surface area contributed by atoms with Crippen LogP contribution in [0.2, 0.25) is 0 Å². The molecule has 0 saturated carbocycles. The molecule has 2 amide bonds. The van der Waals surface area contributed by atoms with Gasteiger partial charge in [-0.25, -0.2) is 9.59 Å². The van der Waals surface area contributed by atoms with Crippen molar-refractivity contribution in [2.45, 2.75) is 0 Å². The number of para-hydroxylation sites is 1. The van der Waals surface area contributed by atoms with Crippen LogP contribution in [0.4, 0.5) is 10.5 Å². The predicted octanol–water partition coefficient (Wildman–Crippen LogP) is 2.71. The van der Waals surface area contributed by atoms with Gasteiger partial charge in [-0.15, -0.1) is 0 Å². The molecular formula is C13H11N3O5S2. The molecule has 23 heavy (non-hydrogen) atoms. The zero-order chi connectivity index (χ0) is 16.8. The van der Waals surface area contributed by atoms with Crippen molar-refractivity contribution in [3.8, 4) is 0 Å². The number of hydrogen-bond donors (Lipinski definition) is 2. The fraction of sp³-hybridized carbons (Fsp3) is 0.0769. The number of esters is 1. The zero-order valence-electron chi connectivity index (χ0n) is 11.8. The minimum Gasteiger partial charge on any atom is -0.465 e. The number of carbonyl (C=O) groups is 2. The van der Waals surface area contributed by atoms with Crippen molar-refractivity contribution in [1.82, 2.24) is 5.32 Å². The first-order valence-corrected chi connectivity index (χ1v) is 8.32. The van der Waals surface area contributed by atoms with Crippen molar-refractivity contribution in [2.24, 2.45) is 0 Å². The number of urea groups is 1. The van der Waals surface area contributed by atoms with E-state index < -0.39 is 16.9 Å². The second kappa shape index (κ2) is 7.70. The van der Waals surface area contributed by atoms with Gasteiger partial charge in [0.05, 0.1) is 12.0 Å². The summed E-state index contributed by atoms with van der Waals surface area (Å²) in [5.74, 6) is -0.759. The lowest BCUT2D eigenvalue weighted by Crippen LogP contribution is -2.28. The molecule has 1 aromatic rings. The smallest absolute Gasteiger partial charge is 0.341 e. The molecule has 1 aliphatic heterocycles. The summed E-state index contributed by atoms with van der Waals surface area (Å²) in [6.45, 7) is 0. The first-order chi connectivity index (χ1) is 11.0. The average Bonchev–Trinajstić information content (AvgIpc) is 2.89. The maximum absolute atomic E-state index is 12.0. The quantitative estimate of drug-likeness (QED) is 0.370. The van der Waals surface area contributed by atoms with E-state index >= 15 is 0 Å². The highest BCUT2D eigenvalue weighted by molar-refractivity contribution is 8.80. The Labute approximate surface area is 138 Å². The molecule has 1 aliphatic rings. The number of methoxy groups -OCH3 is 1. The highest BCUT2D eigenvalue weighted by Gasteiger charge is 2.31. The van der Waals surface area contributed by atoms with E-state index in [4.69, 9.17) is 0 Å². The van der Waals surface area contributed by atoms with Crippen LogP contribution in [0, 0.1) is 10.1 Å². The Morgan fingerprint density at radius 1 is 1.22 bits per heavy atom. The van der Waals surface area contributed by atoms with Crippen LogP contribution in [0.1, 0.15) is 0 Å². The number of rotatable bonds is 4. The number of nitro groups is 1. The van der Waals surface area contributed by atoms with Crippen LogP contribution in [0.15, 0.2) is 52.0 Å². The molecule has 0 saturated heterocycles. The summed E-state index contributed by atoms with van der Waals surface area (Å²) in [5, 5.41) is 15.9. The first kappa shape index (κ1) is 16.9. The molecule has 0 aromatic heterocycles. The summed E-state index contributed by atoms with van der Waals surface area (Å²) < 4.78 is 4.62. The average molecular weight is 353 g/mol. The first-order valence-electron chi connectivity index (χ1n) is 6.17. The van der Waals surface area contributed by atoms with Crippen LogP contribution in [0.25, 0.3) is 0 Å². The molecule has 2 rings (SSSR count). The maximum Gasteiger partial charge on any atom is 0.341 e. The van der Waals surface area contributed by atoms with E-state index in [9.17, 15) is 19.7 Å². The van der Waals surface area contributed by atoms with E-state index in [-0.39, 0.29) is 15.5 Å². The van der Waals surface area contributed by atoms with Crippen molar-refractivity contribution in [3.63, 3.8) is 0 Å². The molecule has 0 fully saturated rings. The molecular weight excluding hydrogens is 342 g/mol. The Kier molecular flexibility index (Phi) is 5.66. The minimum atomic E-state index is -0.759. The second-order valence-corrected chi connectivity index (χ2v) is 6.27. The molecule has 120 valence electrons. The largest absolute Gasteiger partial charge is 0.465 e. The van der Waals surface area contributed by atoms with Gasteiger partial charge in [0.2, 0.25) is 6.20 Å². The van der Waals surface area contributed by atoms with Gasteiger partial charge in [-0.1, -0.05) is 18.2 Å². The standard InChI is InChI=1S/C13H11N3O5S2/c1-21-12(17)10-9(7-16(19)20)22-23-11(10)15-13(18)14-8-5-3-2-4-6-8/h2-7H,1H3,(H2,14,15,18)/b9-7-. The summed E-state index contributed by atoms with van der Waals surface area (Å²) in [6.07, 6.45) is 0.702. The molecule has 1 aromatic carbocycles. The molecule has 10 heteroatoms. The van der Waals surface area contributed by atoms with Gasteiger partial charge >= 0.3 is 12.0 Å². The van der Waals surface area contributed by atoms with Gasteiger partial charge in [-0.05, 0) is 33.7 Å². The monoisotopic (exact) mass is 353 g/mol. The lowest BCUT2D eigenvalue weighted by atomic mass is 10.2. The summed E-state index contributed by atoms with van der Waals surface area (Å²) in [7, 11) is 3.19. The van der Waals surface area contributed by atoms with Gasteiger partial charge in [0, 0.05) is 5.69 Å². The van der Waals surface area contributed by atoms with Gasteiger partial charge in [0.1, 0.15) is 15.5 Å². The third-order valence-electron chi connectivity index (χ3n) is 2.56. The number of amides is 2. The lowest BCUT2D eigenvalue weighted by Gasteiger charge is -2.08. The fourth-order valence-electron chi connectivity index (χ4n) is 1.63. The molecule has 0 bridgehead atoms. The molecule has 0 aliphatic carbocycles. The molecule has 2 N–H and O–H groups in total. The van der Waals surface area contributed by atoms with E-state index in [0.29, 0.717) is 11.9 Å². The fourth-order valence-corrected chi connectivity index (χ4v) is 3.95. The summed E-state index contributed by atoms with van der Waals surface area (Å²) in [6, 6.07) is 8.15. The number of hydrogen-bond acceptors (Lipinski definition) is 7. The third-order valence-corrected chi connectivity index (χ3v) is 4.89. The van der Waals surface area contributed by atoms with Gasteiger partial charge in [0.25, 0.3) is 0 Å². The van der Waals surface area contributed by atoms with E-state index in [0.717, 1.165) is 28.7 Å². The predicted molar refractivity (Wildman–Crippen MR) is 87.9 cm³/mol. The van der Waals surface area contributed by atoms with E-state index in [1.54, 1.807) is 30.3 Å². The van der Waals surface area contributed by atoms with Crippen molar-refractivity contribution in [3.05, 3.63) is 62.2 Å². The van der Waals surface area contributed by atoms with Gasteiger partial charge in [-0.3, -0.25) is 10.1 Å². The van der Waals surface area contributed by atoms with Gasteiger partial charge < -0.3 is 15.4 Å². The second-order valence-electron chi connectivity index (χ2n) is 4.09.